The number of amides is 2. The van der Waals surface area contributed by atoms with Gasteiger partial charge in [0.2, 0.25) is 0 Å². The number of rotatable bonds is 3. The zero-order valence-corrected chi connectivity index (χ0v) is 11.9. The zero-order chi connectivity index (χ0) is 15.5. The van der Waals surface area contributed by atoms with Gasteiger partial charge in [0, 0.05) is 25.2 Å². The fraction of sp³-hybridized carbons (Fsp3) is 0.375. The Morgan fingerprint density at radius 2 is 2.29 bits per heavy atom. The molecule has 1 saturated heterocycles. The van der Waals surface area contributed by atoms with E-state index >= 15 is 0 Å². The van der Waals surface area contributed by atoms with E-state index < -0.39 is 11.4 Å². The fourth-order valence-corrected chi connectivity index (χ4v) is 2.37. The lowest BCUT2D eigenvalue weighted by atomic mass is 9.90. The molecular weight excluding hydrogens is 268 g/mol. The maximum Gasteiger partial charge on any atom is 0.317 e. The molecule has 1 heterocycles. The Labute approximate surface area is 124 Å². The van der Waals surface area contributed by atoms with E-state index in [1.807, 2.05) is 24.3 Å². The smallest absolute Gasteiger partial charge is 0.317 e. The number of benzene rings is 1. The van der Waals surface area contributed by atoms with Gasteiger partial charge in [-0.1, -0.05) is 18.1 Å². The second kappa shape index (κ2) is 5.88. The largest absolute Gasteiger partial charge is 0.481 e. The topological polar surface area (TPSA) is 69.6 Å². The third-order valence-corrected chi connectivity index (χ3v) is 3.81. The van der Waals surface area contributed by atoms with Gasteiger partial charge in [0.1, 0.15) is 0 Å². The van der Waals surface area contributed by atoms with Crippen molar-refractivity contribution in [2.24, 2.45) is 5.41 Å². The molecule has 1 aromatic carbocycles. The van der Waals surface area contributed by atoms with E-state index in [9.17, 15) is 9.59 Å². The maximum absolute atomic E-state index is 12.1. The number of carboxylic acids is 1. The van der Waals surface area contributed by atoms with Crippen LogP contribution < -0.4 is 5.32 Å². The van der Waals surface area contributed by atoms with Crippen LogP contribution in [0.1, 0.15) is 24.5 Å². The van der Waals surface area contributed by atoms with Crippen molar-refractivity contribution in [2.75, 3.05) is 13.1 Å². The van der Waals surface area contributed by atoms with Gasteiger partial charge < -0.3 is 15.3 Å². The Morgan fingerprint density at radius 1 is 1.52 bits per heavy atom. The van der Waals surface area contributed by atoms with Gasteiger partial charge in [-0.25, -0.2) is 4.79 Å². The highest BCUT2D eigenvalue weighted by Gasteiger charge is 2.42. The molecule has 0 aliphatic carbocycles. The summed E-state index contributed by atoms with van der Waals surface area (Å²) in [6.45, 7) is 2.73. The molecule has 5 heteroatoms. The average Bonchev–Trinajstić information content (AvgIpc) is 2.89. The van der Waals surface area contributed by atoms with Crippen LogP contribution in [0.4, 0.5) is 4.79 Å². The molecule has 0 radical (unpaired) electrons. The van der Waals surface area contributed by atoms with Crippen molar-refractivity contribution < 1.29 is 14.7 Å². The van der Waals surface area contributed by atoms with Gasteiger partial charge in [0.15, 0.2) is 0 Å². The van der Waals surface area contributed by atoms with Crippen LogP contribution >= 0.6 is 0 Å². The summed E-state index contributed by atoms with van der Waals surface area (Å²) in [6, 6.07) is 7.14. The summed E-state index contributed by atoms with van der Waals surface area (Å²) >= 11 is 0. The molecule has 110 valence electrons. The number of terminal acetylenes is 1. The number of likely N-dealkylation sites (tertiary alicyclic amines) is 1. The van der Waals surface area contributed by atoms with E-state index in [4.69, 9.17) is 11.5 Å². The van der Waals surface area contributed by atoms with Gasteiger partial charge in [-0.2, -0.15) is 0 Å². The van der Waals surface area contributed by atoms with Crippen LogP contribution in [0.3, 0.4) is 0 Å². The van der Waals surface area contributed by atoms with Crippen LogP contribution in [-0.2, 0) is 11.3 Å². The molecule has 1 unspecified atom stereocenters. The predicted octanol–water partition coefficient (Wildman–Crippen LogP) is 1.67. The van der Waals surface area contributed by atoms with Gasteiger partial charge in [0.25, 0.3) is 0 Å². The van der Waals surface area contributed by atoms with Gasteiger partial charge in [-0.05, 0) is 31.0 Å². The molecule has 2 N–H and O–H groups in total. The first-order chi connectivity index (χ1) is 9.94. The number of carboxylic acid groups (broad SMARTS) is 1. The van der Waals surface area contributed by atoms with Crippen molar-refractivity contribution >= 4 is 12.0 Å². The van der Waals surface area contributed by atoms with Crippen LogP contribution in [0.2, 0.25) is 0 Å². The van der Waals surface area contributed by atoms with Gasteiger partial charge in [-0.15, -0.1) is 6.42 Å². The van der Waals surface area contributed by atoms with Crippen LogP contribution in [0.5, 0.6) is 0 Å². The van der Waals surface area contributed by atoms with E-state index in [-0.39, 0.29) is 12.6 Å². The molecule has 1 aliphatic heterocycles. The van der Waals surface area contributed by atoms with Crippen molar-refractivity contribution in [2.45, 2.75) is 19.9 Å². The average molecular weight is 286 g/mol. The highest BCUT2D eigenvalue weighted by Crippen LogP contribution is 2.29. The molecule has 1 fully saturated rings. The number of urea groups is 1. The van der Waals surface area contributed by atoms with Crippen LogP contribution in [0, 0.1) is 17.8 Å². The molecule has 1 aliphatic rings. The maximum atomic E-state index is 12.1. The Bertz CT molecular complexity index is 606. The lowest BCUT2D eigenvalue weighted by Crippen LogP contribution is -2.40. The SMILES string of the molecule is C#Cc1cccc(CNC(=O)N2CCC(C)(C(=O)O)C2)c1. The summed E-state index contributed by atoms with van der Waals surface area (Å²) in [6.07, 6.45) is 5.81. The number of nitrogens with zero attached hydrogens (tertiary/aromatic N) is 1. The van der Waals surface area contributed by atoms with Crippen LogP contribution in [0.15, 0.2) is 24.3 Å². The lowest BCUT2D eigenvalue weighted by molar-refractivity contribution is -0.146. The number of hydrogen-bond acceptors (Lipinski definition) is 2. The molecule has 0 saturated carbocycles. The van der Waals surface area contributed by atoms with Crippen LogP contribution in [0.25, 0.3) is 0 Å². The fourth-order valence-electron chi connectivity index (χ4n) is 2.37. The molecular formula is C16H18N2O3. The minimum Gasteiger partial charge on any atom is -0.481 e. The van der Waals surface area contributed by atoms with E-state index in [1.165, 1.54) is 0 Å². The first-order valence-electron chi connectivity index (χ1n) is 6.76. The molecule has 0 spiro atoms. The molecule has 1 atom stereocenters. The van der Waals surface area contributed by atoms with E-state index in [1.54, 1.807) is 11.8 Å². The molecule has 21 heavy (non-hydrogen) atoms. The van der Waals surface area contributed by atoms with E-state index in [0.717, 1.165) is 11.1 Å². The normalized spacial score (nSPS) is 20.9. The van der Waals surface area contributed by atoms with E-state index in [2.05, 4.69) is 11.2 Å². The van der Waals surface area contributed by atoms with Gasteiger partial charge in [0.05, 0.1) is 5.41 Å². The minimum absolute atomic E-state index is 0.235. The second-order valence-electron chi connectivity index (χ2n) is 5.54. The Morgan fingerprint density at radius 3 is 2.90 bits per heavy atom. The van der Waals surface area contributed by atoms with Crippen molar-refractivity contribution in [1.29, 1.82) is 0 Å². The third-order valence-electron chi connectivity index (χ3n) is 3.81. The Kier molecular flexibility index (Phi) is 4.18. The predicted molar refractivity (Wildman–Crippen MR) is 78.5 cm³/mol. The van der Waals surface area contributed by atoms with Crippen molar-refractivity contribution in [1.82, 2.24) is 10.2 Å². The number of carbonyl (C=O) groups excluding carboxylic acids is 1. The number of carbonyl (C=O) groups is 2. The summed E-state index contributed by atoms with van der Waals surface area (Å²) in [5.41, 5.74) is 0.834. The molecule has 1 aromatic rings. The third kappa shape index (κ3) is 3.34. The minimum atomic E-state index is -0.862. The van der Waals surface area contributed by atoms with Gasteiger partial charge in [-0.3, -0.25) is 4.79 Å². The zero-order valence-electron chi connectivity index (χ0n) is 11.9. The highest BCUT2D eigenvalue weighted by atomic mass is 16.4. The van der Waals surface area contributed by atoms with Crippen LogP contribution in [-0.4, -0.2) is 35.1 Å². The molecule has 2 amide bonds. The number of nitrogens with one attached hydrogen (secondary N) is 1. The summed E-state index contributed by atoms with van der Waals surface area (Å²) in [7, 11) is 0. The van der Waals surface area contributed by atoms with Crippen molar-refractivity contribution in [3.63, 3.8) is 0 Å². The summed E-state index contributed by atoms with van der Waals surface area (Å²) in [5.74, 6) is 1.68. The Balaban J connectivity index is 1.91. The van der Waals surface area contributed by atoms with Gasteiger partial charge >= 0.3 is 12.0 Å². The second-order valence-corrected chi connectivity index (χ2v) is 5.54. The summed E-state index contributed by atoms with van der Waals surface area (Å²) in [5, 5.41) is 12.0. The first-order valence-corrected chi connectivity index (χ1v) is 6.76. The van der Waals surface area contributed by atoms with E-state index in [0.29, 0.717) is 19.5 Å². The molecule has 0 bridgehead atoms. The molecule has 0 aromatic heterocycles. The Hall–Kier alpha value is -2.48. The van der Waals surface area contributed by atoms with Crippen molar-refractivity contribution in [3.8, 4) is 12.3 Å². The summed E-state index contributed by atoms with van der Waals surface area (Å²) < 4.78 is 0. The van der Waals surface area contributed by atoms with Crippen molar-refractivity contribution in [3.05, 3.63) is 35.4 Å². The monoisotopic (exact) mass is 286 g/mol. The number of aliphatic carboxylic acids is 1. The molecule has 2 rings (SSSR count). The number of hydrogen-bond donors (Lipinski definition) is 2. The quantitative estimate of drug-likeness (QED) is 0.831. The molecule has 5 nitrogen and oxygen atoms in total. The lowest BCUT2D eigenvalue weighted by Gasteiger charge is -2.20. The first kappa shape index (κ1) is 14.9. The summed E-state index contributed by atoms with van der Waals surface area (Å²) in [4.78, 5) is 24.8. The standard InChI is InChI=1S/C16H18N2O3/c1-3-12-5-4-6-13(9-12)10-17-15(21)18-8-7-16(2,11-18)14(19)20/h1,4-6,9H,7-8,10-11H2,2H3,(H,17,21)(H,19,20). The highest BCUT2D eigenvalue weighted by molar-refractivity contribution is 5.79.